The van der Waals surface area contributed by atoms with Gasteiger partial charge >= 0.3 is 0 Å². The van der Waals surface area contributed by atoms with Crippen LogP contribution in [0.3, 0.4) is 0 Å². The highest BCUT2D eigenvalue weighted by molar-refractivity contribution is 6.70. The van der Waals surface area contributed by atoms with Gasteiger partial charge < -0.3 is 8.84 Å². The second-order valence-electron chi connectivity index (χ2n) is 3.44. The fourth-order valence-corrected chi connectivity index (χ4v) is 1.42. The summed E-state index contributed by atoms with van der Waals surface area (Å²) in [6.45, 7) is 8.19. The number of aromatic nitrogens is 1. The lowest BCUT2D eigenvalue weighted by atomic mass is 10.5. The summed E-state index contributed by atoms with van der Waals surface area (Å²) >= 11 is 0. The smallest absolute Gasteiger partial charge is 0.294 e. The number of hydrogen-bond acceptors (Lipinski definition) is 3. The average Bonchev–Trinajstić information content (AvgIpc) is 2.12. The monoisotopic (exact) mass is 171 g/mol. The third-order valence-electron chi connectivity index (χ3n) is 1.10. The van der Waals surface area contributed by atoms with Crippen LogP contribution in [-0.2, 0) is 0 Å². The maximum Gasteiger partial charge on any atom is 0.294 e. The Hall–Kier alpha value is -0.773. The molecule has 1 rings (SSSR count). The number of aryl methyl sites for hydroxylation is 1. The van der Waals surface area contributed by atoms with Gasteiger partial charge in [0.1, 0.15) is 5.69 Å². The molecule has 0 aliphatic heterocycles. The topological polar surface area (TPSA) is 35.3 Å². The first-order valence-electron chi connectivity index (χ1n) is 3.58. The van der Waals surface area contributed by atoms with Gasteiger partial charge in [0.25, 0.3) is 5.95 Å². The van der Waals surface area contributed by atoms with Crippen molar-refractivity contribution in [2.45, 2.75) is 26.6 Å². The predicted octanol–water partition coefficient (Wildman–Crippen LogP) is 2.20. The summed E-state index contributed by atoms with van der Waals surface area (Å²) in [7, 11) is -1.53. The predicted molar refractivity (Wildman–Crippen MR) is 45.2 cm³/mol. The van der Waals surface area contributed by atoms with E-state index in [4.69, 9.17) is 8.84 Å². The summed E-state index contributed by atoms with van der Waals surface area (Å²) in [5.41, 5.74) is 0.826. The van der Waals surface area contributed by atoms with Crippen LogP contribution in [0.2, 0.25) is 19.6 Å². The van der Waals surface area contributed by atoms with Crippen molar-refractivity contribution in [3.8, 4) is 5.95 Å². The van der Waals surface area contributed by atoms with Crippen molar-refractivity contribution in [1.29, 1.82) is 0 Å². The van der Waals surface area contributed by atoms with Crippen LogP contribution in [0.5, 0.6) is 5.95 Å². The maximum atomic E-state index is 5.58. The lowest BCUT2D eigenvalue weighted by Crippen LogP contribution is -2.29. The molecule has 1 aromatic heterocycles. The van der Waals surface area contributed by atoms with Crippen LogP contribution in [0.4, 0.5) is 0 Å². The molecular formula is C7H13NO2Si. The van der Waals surface area contributed by atoms with Gasteiger partial charge in [-0.25, -0.2) is 4.98 Å². The van der Waals surface area contributed by atoms with Crippen LogP contribution < -0.4 is 4.43 Å². The van der Waals surface area contributed by atoms with Crippen molar-refractivity contribution in [1.82, 2.24) is 4.98 Å². The molecule has 0 N–H and O–H groups in total. The van der Waals surface area contributed by atoms with Crippen molar-refractivity contribution in [2.24, 2.45) is 0 Å². The van der Waals surface area contributed by atoms with Gasteiger partial charge in [0.15, 0.2) is 6.39 Å². The second-order valence-corrected chi connectivity index (χ2v) is 7.87. The summed E-state index contributed by atoms with van der Waals surface area (Å²) in [5.74, 6) is 0.573. The van der Waals surface area contributed by atoms with E-state index in [2.05, 4.69) is 24.6 Å². The van der Waals surface area contributed by atoms with E-state index in [0.29, 0.717) is 5.95 Å². The molecule has 1 aromatic rings. The molecule has 4 heteroatoms. The van der Waals surface area contributed by atoms with Gasteiger partial charge in [-0.3, -0.25) is 0 Å². The van der Waals surface area contributed by atoms with Crippen molar-refractivity contribution < 1.29 is 8.84 Å². The number of oxazole rings is 1. The molecule has 0 radical (unpaired) electrons. The van der Waals surface area contributed by atoms with E-state index in [0.717, 1.165) is 5.69 Å². The highest BCUT2D eigenvalue weighted by Crippen LogP contribution is 2.19. The summed E-state index contributed by atoms with van der Waals surface area (Å²) in [6, 6.07) is 0. The first-order chi connectivity index (χ1) is 4.99. The fourth-order valence-electron chi connectivity index (χ4n) is 0.667. The summed E-state index contributed by atoms with van der Waals surface area (Å²) in [5, 5.41) is 0. The van der Waals surface area contributed by atoms with Crippen LogP contribution in [-0.4, -0.2) is 13.3 Å². The van der Waals surface area contributed by atoms with Crippen LogP contribution in [0, 0.1) is 6.92 Å². The highest BCUT2D eigenvalue weighted by Gasteiger charge is 2.19. The molecule has 0 saturated heterocycles. The van der Waals surface area contributed by atoms with E-state index in [-0.39, 0.29) is 0 Å². The number of rotatable bonds is 2. The van der Waals surface area contributed by atoms with Gasteiger partial charge in [0.05, 0.1) is 0 Å². The average molecular weight is 171 g/mol. The Kier molecular flexibility index (Phi) is 2.04. The summed E-state index contributed by atoms with van der Waals surface area (Å²) in [6.07, 6.45) is 1.41. The minimum absolute atomic E-state index is 0.573. The largest absolute Gasteiger partial charge is 0.518 e. The molecule has 0 fully saturated rings. The Balaban J connectivity index is 2.72. The Morgan fingerprint density at radius 3 is 2.45 bits per heavy atom. The molecule has 11 heavy (non-hydrogen) atoms. The standard InChI is InChI=1S/C7H13NO2Si/c1-6-7(9-5-8-6)10-11(2,3)4/h5H,1-4H3. The highest BCUT2D eigenvalue weighted by atomic mass is 28.4. The van der Waals surface area contributed by atoms with E-state index < -0.39 is 8.32 Å². The quantitative estimate of drug-likeness (QED) is 0.640. The Bertz CT molecular complexity index is 239. The van der Waals surface area contributed by atoms with Gasteiger partial charge in [0, 0.05) is 0 Å². The third kappa shape index (κ3) is 2.38. The SMILES string of the molecule is Cc1ncoc1O[Si](C)(C)C. The van der Waals surface area contributed by atoms with Gasteiger partial charge in [0.2, 0.25) is 8.32 Å². The molecule has 62 valence electrons. The minimum atomic E-state index is -1.53. The van der Waals surface area contributed by atoms with Gasteiger partial charge in [-0.2, -0.15) is 0 Å². The fraction of sp³-hybridized carbons (Fsp3) is 0.571. The zero-order chi connectivity index (χ0) is 8.48. The molecule has 0 saturated carbocycles. The molecule has 0 aromatic carbocycles. The molecule has 0 aliphatic carbocycles. The lowest BCUT2D eigenvalue weighted by molar-refractivity contribution is 0.382. The van der Waals surface area contributed by atoms with E-state index in [9.17, 15) is 0 Å². The van der Waals surface area contributed by atoms with E-state index in [1.165, 1.54) is 6.39 Å². The molecule has 0 atom stereocenters. The van der Waals surface area contributed by atoms with Crippen molar-refractivity contribution in [2.75, 3.05) is 0 Å². The Labute approximate surface area is 67.5 Å². The summed E-state index contributed by atoms with van der Waals surface area (Å²) < 4.78 is 10.6. The number of hydrogen-bond donors (Lipinski definition) is 0. The first kappa shape index (κ1) is 8.32. The molecule has 1 heterocycles. The van der Waals surface area contributed by atoms with Crippen molar-refractivity contribution in [3.63, 3.8) is 0 Å². The number of nitrogens with zero attached hydrogens (tertiary/aromatic N) is 1. The summed E-state index contributed by atoms with van der Waals surface area (Å²) in [4.78, 5) is 3.93. The van der Waals surface area contributed by atoms with E-state index in [1.807, 2.05) is 6.92 Å². The van der Waals surface area contributed by atoms with Crippen LogP contribution in [0.15, 0.2) is 10.8 Å². The van der Waals surface area contributed by atoms with E-state index in [1.54, 1.807) is 0 Å². The minimum Gasteiger partial charge on any atom is -0.518 e. The molecule has 0 bridgehead atoms. The molecule has 0 unspecified atom stereocenters. The van der Waals surface area contributed by atoms with Crippen molar-refractivity contribution in [3.05, 3.63) is 12.1 Å². The van der Waals surface area contributed by atoms with Gasteiger partial charge in [-0.1, -0.05) is 0 Å². The molecule has 0 aliphatic rings. The normalized spacial score (nSPS) is 11.6. The zero-order valence-corrected chi connectivity index (χ0v) is 8.34. The van der Waals surface area contributed by atoms with E-state index >= 15 is 0 Å². The Morgan fingerprint density at radius 2 is 2.09 bits per heavy atom. The van der Waals surface area contributed by atoms with Crippen molar-refractivity contribution >= 4 is 8.32 Å². The Morgan fingerprint density at radius 1 is 1.45 bits per heavy atom. The first-order valence-corrected chi connectivity index (χ1v) is 6.99. The van der Waals surface area contributed by atoms with Crippen LogP contribution >= 0.6 is 0 Å². The lowest BCUT2D eigenvalue weighted by Gasteiger charge is -2.16. The van der Waals surface area contributed by atoms with Gasteiger partial charge in [-0.15, -0.1) is 0 Å². The second kappa shape index (κ2) is 2.69. The zero-order valence-electron chi connectivity index (χ0n) is 7.34. The molecular weight excluding hydrogens is 158 g/mol. The van der Waals surface area contributed by atoms with Crippen LogP contribution in [0.25, 0.3) is 0 Å². The maximum absolute atomic E-state index is 5.58. The molecule has 0 spiro atoms. The van der Waals surface area contributed by atoms with Crippen LogP contribution in [0.1, 0.15) is 5.69 Å². The van der Waals surface area contributed by atoms with Gasteiger partial charge in [-0.05, 0) is 26.6 Å². The molecule has 3 nitrogen and oxygen atoms in total. The third-order valence-corrected chi connectivity index (χ3v) is 1.90. The molecule has 0 amide bonds.